The summed E-state index contributed by atoms with van der Waals surface area (Å²) in [7, 11) is 0. The SMILES string of the molecule is Cc1cccc(NC(C)c2cc(O)cc(O)c2)c1. The first-order valence-corrected chi connectivity index (χ1v) is 5.91. The van der Waals surface area contributed by atoms with Gasteiger partial charge in [-0.1, -0.05) is 12.1 Å². The second-order valence-electron chi connectivity index (χ2n) is 4.52. The molecular formula is C15H17NO2. The van der Waals surface area contributed by atoms with Crippen molar-refractivity contribution in [3.8, 4) is 11.5 Å². The van der Waals surface area contributed by atoms with Gasteiger partial charge in [0.2, 0.25) is 0 Å². The number of aryl methyl sites for hydroxylation is 1. The van der Waals surface area contributed by atoms with Crippen molar-refractivity contribution in [3.63, 3.8) is 0 Å². The second kappa shape index (κ2) is 5.00. The van der Waals surface area contributed by atoms with E-state index >= 15 is 0 Å². The lowest BCUT2D eigenvalue weighted by Crippen LogP contribution is -2.06. The van der Waals surface area contributed by atoms with Gasteiger partial charge < -0.3 is 15.5 Å². The highest BCUT2D eigenvalue weighted by molar-refractivity contribution is 5.48. The van der Waals surface area contributed by atoms with E-state index in [1.54, 1.807) is 12.1 Å². The van der Waals surface area contributed by atoms with E-state index in [0.717, 1.165) is 11.3 Å². The average molecular weight is 243 g/mol. The van der Waals surface area contributed by atoms with Crippen LogP contribution in [0.2, 0.25) is 0 Å². The van der Waals surface area contributed by atoms with Crippen LogP contribution in [0.4, 0.5) is 5.69 Å². The van der Waals surface area contributed by atoms with Crippen LogP contribution in [0.1, 0.15) is 24.1 Å². The quantitative estimate of drug-likeness (QED) is 0.772. The second-order valence-corrected chi connectivity index (χ2v) is 4.52. The van der Waals surface area contributed by atoms with E-state index in [1.165, 1.54) is 11.6 Å². The minimum Gasteiger partial charge on any atom is -0.508 e. The van der Waals surface area contributed by atoms with Crippen molar-refractivity contribution in [2.45, 2.75) is 19.9 Å². The maximum atomic E-state index is 9.47. The molecule has 0 saturated carbocycles. The van der Waals surface area contributed by atoms with Crippen molar-refractivity contribution < 1.29 is 10.2 Å². The Morgan fingerprint density at radius 2 is 1.67 bits per heavy atom. The molecule has 3 nitrogen and oxygen atoms in total. The van der Waals surface area contributed by atoms with Crippen molar-refractivity contribution in [1.82, 2.24) is 0 Å². The van der Waals surface area contributed by atoms with Crippen LogP contribution in [0.25, 0.3) is 0 Å². The fourth-order valence-corrected chi connectivity index (χ4v) is 1.94. The lowest BCUT2D eigenvalue weighted by Gasteiger charge is -2.16. The fourth-order valence-electron chi connectivity index (χ4n) is 1.94. The molecule has 0 heterocycles. The molecule has 94 valence electrons. The van der Waals surface area contributed by atoms with Crippen molar-refractivity contribution in [1.29, 1.82) is 0 Å². The fraction of sp³-hybridized carbons (Fsp3) is 0.200. The molecule has 3 heteroatoms. The van der Waals surface area contributed by atoms with Crippen molar-refractivity contribution in [3.05, 3.63) is 53.6 Å². The van der Waals surface area contributed by atoms with Crippen LogP contribution in [-0.2, 0) is 0 Å². The molecule has 0 bridgehead atoms. The van der Waals surface area contributed by atoms with Gasteiger partial charge in [-0.25, -0.2) is 0 Å². The largest absolute Gasteiger partial charge is 0.508 e. The number of nitrogens with one attached hydrogen (secondary N) is 1. The van der Waals surface area contributed by atoms with Crippen LogP contribution in [0.3, 0.4) is 0 Å². The minimum atomic E-state index is 0.00444. The topological polar surface area (TPSA) is 52.5 Å². The third-order valence-corrected chi connectivity index (χ3v) is 2.83. The summed E-state index contributed by atoms with van der Waals surface area (Å²) in [5.41, 5.74) is 3.05. The first-order chi connectivity index (χ1) is 8.54. The zero-order chi connectivity index (χ0) is 13.1. The van der Waals surface area contributed by atoms with Gasteiger partial charge in [0, 0.05) is 17.8 Å². The van der Waals surface area contributed by atoms with E-state index in [2.05, 4.69) is 11.4 Å². The monoisotopic (exact) mass is 243 g/mol. The first kappa shape index (κ1) is 12.3. The summed E-state index contributed by atoms with van der Waals surface area (Å²) >= 11 is 0. The third-order valence-electron chi connectivity index (χ3n) is 2.83. The first-order valence-electron chi connectivity index (χ1n) is 5.91. The molecule has 2 aromatic carbocycles. The maximum Gasteiger partial charge on any atom is 0.119 e. The number of phenolic OH excluding ortho intramolecular Hbond substituents is 2. The van der Waals surface area contributed by atoms with Gasteiger partial charge in [-0.15, -0.1) is 0 Å². The zero-order valence-corrected chi connectivity index (χ0v) is 10.5. The predicted molar refractivity (Wildman–Crippen MR) is 73.0 cm³/mol. The Labute approximate surface area is 107 Å². The molecule has 2 aromatic rings. The van der Waals surface area contributed by atoms with Gasteiger partial charge in [0.1, 0.15) is 11.5 Å². The van der Waals surface area contributed by atoms with E-state index in [0.29, 0.717) is 0 Å². The average Bonchev–Trinajstić information content (AvgIpc) is 2.27. The molecule has 1 atom stereocenters. The van der Waals surface area contributed by atoms with Crippen molar-refractivity contribution in [2.24, 2.45) is 0 Å². The number of benzene rings is 2. The number of phenols is 2. The lowest BCUT2D eigenvalue weighted by molar-refractivity contribution is 0.448. The van der Waals surface area contributed by atoms with E-state index in [9.17, 15) is 10.2 Å². The Morgan fingerprint density at radius 1 is 1.00 bits per heavy atom. The molecule has 0 aliphatic heterocycles. The number of aromatic hydroxyl groups is 2. The smallest absolute Gasteiger partial charge is 0.119 e. The van der Waals surface area contributed by atoms with E-state index in [1.807, 2.05) is 32.0 Å². The number of hydrogen-bond acceptors (Lipinski definition) is 3. The molecule has 3 N–H and O–H groups in total. The molecule has 0 aromatic heterocycles. The highest BCUT2D eigenvalue weighted by Gasteiger charge is 2.08. The van der Waals surface area contributed by atoms with Gasteiger partial charge in [0.05, 0.1) is 0 Å². The van der Waals surface area contributed by atoms with Gasteiger partial charge in [0.25, 0.3) is 0 Å². The molecule has 0 spiro atoms. The molecule has 0 amide bonds. The van der Waals surface area contributed by atoms with Gasteiger partial charge in [0.15, 0.2) is 0 Å². The highest BCUT2D eigenvalue weighted by Crippen LogP contribution is 2.27. The zero-order valence-electron chi connectivity index (χ0n) is 10.5. The predicted octanol–water partition coefficient (Wildman–Crippen LogP) is 3.58. The minimum absolute atomic E-state index is 0.00444. The molecule has 18 heavy (non-hydrogen) atoms. The van der Waals surface area contributed by atoms with Gasteiger partial charge in [-0.2, -0.15) is 0 Å². The van der Waals surface area contributed by atoms with Crippen molar-refractivity contribution >= 4 is 5.69 Å². The molecule has 1 unspecified atom stereocenters. The summed E-state index contributed by atoms with van der Waals surface area (Å²) in [6, 6.07) is 12.7. The number of rotatable bonds is 3. The molecule has 0 fully saturated rings. The Morgan fingerprint density at radius 3 is 2.28 bits per heavy atom. The van der Waals surface area contributed by atoms with Gasteiger partial charge in [-0.05, 0) is 49.2 Å². The summed E-state index contributed by atoms with van der Waals surface area (Å²) in [5.74, 6) is 0.144. The Bertz CT molecular complexity index is 532. The lowest BCUT2D eigenvalue weighted by atomic mass is 10.1. The Kier molecular flexibility index (Phi) is 3.42. The Balaban J connectivity index is 2.19. The number of anilines is 1. The van der Waals surface area contributed by atoms with E-state index < -0.39 is 0 Å². The van der Waals surface area contributed by atoms with Crippen LogP contribution in [-0.4, -0.2) is 10.2 Å². The summed E-state index contributed by atoms with van der Waals surface area (Å²) in [6.45, 7) is 4.02. The summed E-state index contributed by atoms with van der Waals surface area (Å²) in [4.78, 5) is 0. The molecule has 0 saturated heterocycles. The highest BCUT2D eigenvalue weighted by atomic mass is 16.3. The van der Waals surface area contributed by atoms with Gasteiger partial charge >= 0.3 is 0 Å². The summed E-state index contributed by atoms with van der Waals surface area (Å²) in [5, 5.41) is 22.3. The molecule has 2 rings (SSSR count). The van der Waals surface area contributed by atoms with Crippen LogP contribution >= 0.6 is 0 Å². The van der Waals surface area contributed by atoms with Crippen LogP contribution in [0.15, 0.2) is 42.5 Å². The van der Waals surface area contributed by atoms with Gasteiger partial charge in [-0.3, -0.25) is 0 Å². The van der Waals surface area contributed by atoms with Crippen molar-refractivity contribution in [2.75, 3.05) is 5.32 Å². The number of hydrogen-bond donors (Lipinski definition) is 3. The molecule has 0 radical (unpaired) electrons. The van der Waals surface area contributed by atoms with E-state index in [-0.39, 0.29) is 17.5 Å². The van der Waals surface area contributed by atoms with Crippen LogP contribution in [0.5, 0.6) is 11.5 Å². The van der Waals surface area contributed by atoms with Crippen LogP contribution < -0.4 is 5.32 Å². The molecular weight excluding hydrogens is 226 g/mol. The molecule has 0 aliphatic rings. The van der Waals surface area contributed by atoms with E-state index in [4.69, 9.17) is 0 Å². The summed E-state index contributed by atoms with van der Waals surface area (Å²) in [6.07, 6.45) is 0. The maximum absolute atomic E-state index is 9.47. The normalized spacial score (nSPS) is 12.1. The Hall–Kier alpha value is -2.16. The van der Waals surface area contributed by atoms with Crippen LogP contribution in [0, 0.1) is 6.92 Å². The summed E-state index contributed by atoms with van der Waals surface area (Å²) < 4.78 is 0. The molecule has 0 aliphatic carbocycles. The third kappa shape index (κ3) is 2.94. The standard InChI is InChI=1S/C15H17NO2/c1-10-4-3-5-13(6-10)16-11(2)12-7-14(17)9-15(18)8-12/h3-9,11,16-18H,1-2H3.